The van der Waals surface area contributed by atoms with Crippen molar-refractivity contribution >= 4 is 11.6 Å². The molecule has 3 nitrogen and oxygen atoms in total. The van der Waals surface area contributed by atoms with Crippen LogP contribution in [0, 0.1) is 0 Å². The molecule has 0 spiro atoms. The van der Waals surface area contributed by atoms with Crippen molar-refractivity contribution in [2.24, 2.45) is 10.2 Å². The maximum atomic E-state index is 5.51. The van der Waals surface area contributed by atoms with Crippen LogP contribution in [-0.4, -0.2) is 18.2 Å². The van der Waals surface area contributed by atoms with Crippen LogP contribution >= 0.6 is 0 Å². The number of hydrogen-bond acceptors (Lipinski definition) is 3. The van der Waals surface area contributed by atoms with Crippen LogP contribution in [0.1, 0.15) is 18.9 Å². The molecule has 1 aromatic rings. The number of benzene rings is 1. The number of hydrogen-bond donors (Lipinski definition) is 0. The third-order valence-corrected chi connectivity index (χ3v) is 2.24. The van der Waals surface area contributed by atoms with Gasteiger partial charge in [0, 0.05) is 12.1 Å². The Bertz CT molecular complexity index is 382. The molecule has 0 aliphatic carbocycles. The lowest BCUT2D eigenvalue weighted by Gasteiger charge is -2.04. The molecule has 0 unspecified atom stereocenters. The smallest absolute Gasteiger partial charge is 0.214 e. The van der Waals surface area contributed by atoms with Crippen molar-refractivity contribution in [2.75, 3.05) is 6.61 Å². The van der Waals surface area contributed by atoms with E-state index in [-0.39, 0.29) is 0 Å². The fraction of sp³-hybridized carbons (Fsp3) is 0.333. The van der Waals surface area contributed by atoms with E-state index >= 15 is 0 Å². The SMILES string of the molecule is CC1=NN=C(OCCc2ccccc2)C1. The van der Waals surface area contributed by atoms with Gasteiger partial charge in [-0.05, 0) is 12.5 Å². The Balaban J connectivity index is 1.73. The van der Waals surface area contributed by atoms with Crippen molar-refractivity contribution in [1.29, 1.82) is 0 Å². The second kappa shape index (κ2) is 4.73. The minimum Gasteiger partial charge on any atom is -0.479 e. The van der Waals surface area contributed by atoms with Gasteiger partial charge in [0.25, 0.3) is 0 Å². The van der Waals surface area contributed by atoms with Gasteiger partial charge in [-0.25, -0.2) is 0 Å². The van der Waals surface area contributed by atoms with E-state index in [1.807, 2.05) is 25.1 Å². The molecule has 0 amide bonds. The lowest BCUT2D eigenvalue weighted by Crippen LogP contribution is -2.07. The van der Waals surface area contributed by atoms with Crippen molar-refractivity contribution in [2.45, 2.75) is 19.8 Å². The van der Waals surface area contributed by atoms with Crippen LogP contribution < -0.4 is 0 Å². The molecule has 1 heterocycles. The highest BCUT2D eigenvalue weighted by Gasteiger charge is 2.08. The van der Waals surface area contributed by atoms with E-state index in [1.165, 1.54) is 5.56 Å². The first-order chi connectivity index (χ1) is 7.34. The van der Waals surface area contributed by atoms with Crippen LogP contribution in [0.3, 0.4) is 0 Å². The first kappa shape index (κ1) is 9.90. The predicted octanol–water partition coefficient (Wildman–Crippen LogP) is 2.42. The van der Waals surface area contributed by atoms with Crippen molar-refractivity contribution < 1.29 is 4.74 Å². The first-order valence-electron chi connectivity index (χ1n) is 5.11. The van der Waals surface area contributed by atoms with E-state index in [0.29, 0.717) is 6.61 Å². The molecule has 2 rings (SSSR count). The van der Waals surface area contributed by atoms with Gasteiger partial charge in [0.15, 0.2) is 0 Å². The average Bonchev–Trinajstić information content (AvgIpc) is 2.66. The zero-order chi connectivity index (χ0) is 10.5. The van der Waals surface area contributed by atoms with Gasteiger partial charge in [0.1, 0.15) is 0 Å². The summed E-state index contributed by atoms with van der Waals surface area (Å²) in [6.45, 7) is 2.63. The Morgan fingerprint density at radius 2 is 2.00 bits per heavy atom. The molecule has 1 aromatic carbocycles. The van der Waals surface area contributed by atoms with Crippen LogP contribution in [-0.2, 0) is 11.2 Å². The predicted molar refractivity (Wildman–Crippen MR) is 61.3 cm³/mol. The summed E-state index contributed by atoms with van der Waals surface area (Å²) in [5, 5.41) is 7.85. The summed E-state index contributed by atoms with van der Waals surface area (Å²) in [6.07, 6.45) is 1.67. The highest BCUT2D eigenvalue weighted by atomic mass is 16.5. The summed E-state index contributed by atoms with van der Waals surface area (Å²) < 4.78 is 5.51. The lowest BCUT2D eigenvalue weighted by atomic mass is 10.2. The molecular weight excluding hydrogens is 188 g/mol. The Labute approximate surface area is 89.5 Å². The molecule has 0 saturated carbocycles. The van der Waals surface area contributed by atoms with Gasteiger partial charge in [-0.2, -0.15) is 5.10 Å². The highest BCUT2D eigenvalue weighted by molar-refractivity contribution is 6.02. The van der Waals surface area contributed by atoms with Crippen molar-refractivity contribution in [3.63, 3.8) is 0 Å². The summed E-state index contributed by atoms with van der Waals surface area (Å²) in [6, 6.07) is 10.3. The largest absolute Gasteiger partial charge is 0.479 e. The lowest BCUT2D eigenvalue weighted by molar-refractivity contribution is 0.304. The van der Waals surface area contributed by atoms with Gasteiger partial charge >= 0.3 is 0 Å². The number of nitrogens with zero attached hydrogens (tertiary/aromatic N) is 2. The Kier molecular flexibility index (Phi) is 3.12. The molecule has 0 atom stereocenters. The monoisotopic (exact) mass is 202 g/mol. The van der Waals surface area contributed by atoms with Crippen LogP contribution in [0.5, 0.6) is 0 Å². The molecule has 0 aromatic heterocycles. The van der Waals surface area contributed by atoms with Gasteiger partial charge in [-0.3, -0.25) is 0 Å². The molecular formula is C12H14N2O. The summed E-state index contributed by atoms with van der Waals surface area (Å²) in [5.41, 5.74) is 2.30. The molecule has 0 saturated heterocycles. The summed E-state index contributed by atoms with van der Waals surface area (Å²) in [7, 11) is 0. The fourth-order valence-corrected chi connectivity index (χ4v) is 1.44. The molecule has 15 heavy (non-hydrogen) atoms. The van der Waals surface area contributed by atoms with Crippen LogP contribution in [0.25, 0.3) is 0 Å². The Morgan fingerprint density at radius 1 is 1.20 bits per heavy atom. The minimum atomic E-state index is 0.672. The molecule has 78 valence electrons. The van der Waals surface area contributed by atoms with Gasteiger partial charge < -0.3 is 4.74 Å². The van der Waals surface area contributed by atoms with Crippen molar-refractivity contribution in [3.8, 4) is 0 Å². The molecule has 0 N–H and O–H groups in total. The van der Waals surface area contributed by atoms with E-state index in [0.717, 1.165) is 24.5 Å². The van der Waals surface area contributed by atoms with E-state index < -0.39 is 0 Å². The maximum Gasteiger partial charge on any atom is 0.214 e. The molecule has 0 bridgehead atoms. The zero-order valence-electron chi connectivity index (χ0n) is 8.81. The zero-order valence-corrected chi connectivity index (χ0v) is 8.81. The molecule has 1 aliphatic heterocycles. The van der Waals surface area contributed by atoms with Crippen LogP contribution in [0.15, 0.2) is 40.5 Å². The summed E-state index contributed by atoms with van der Waals surface area (Å²) in [4.78, 5) is 0. The first-order valence-corrected chi connectivity index (χ1v) is 5.11. The minimum absolute atomic E-state index is 0.672. The highest BCUT2D eigenvalue weighted by Crippen LogP contribution is 2.05. The summed E-state index contributed by atoms with van der Waals surface area (Å²) in [5.74, 6) is 0.739. The van der Waals surface area contributed by atoms with Crippen molar-refractivity contribution in [1.82, 2.24) is 0 Å². The molecule has 0 fully saturated rings. The maximum absolute atomic E-state index is 5.51. The van der Waals surface area contributed by atoms with E-state index in [2.05, 4.69) is 22.3 Å². The number of ether oxygens (including phenoxy) is 1. The second-order valence-electron chi connectivity index (χ2n) is 3.59. The Hall–Kier alpha value is -1.64. The summed E-state index contributed by atoms with van der Waals surface area (Å²) >= 11 is 0. The van der Waals surface area contributed by atoms with E-state index in [1.54, 1.807) is 0 Å². The van der Waals surface area contributed by atoms with Gasteiger partial charge in [0.2, 0.25) is 5.90 Å². The third kappa shape index (κ3) is 2.91. The van der Waals surface area contributed by atoms with Gasteiger partial charge in [0.05, 0.1) is 13.0 Å². The molecule has 3 heteroatoms. The van der Waals surface area contributed by atoms with Gasteiger partial charge in [-0.1, -0.05) is 30.3 Å². The second-order valence-corrected chi connectivity index (χ2v) is 3.59. The van der Waals surface area contributed by atoms with Crippen LogP contribution in [0.4, 0.5) is 0 Å². The number of rotatable bonds is 3. The quantitative estimate of drug-likeness (QED) is 0.741. The van der Waals surface area contributed by atoms with E-state index in [9.17, 15) is 0 Å². The normalized spacial score (nSPS) is 14.7. The fourth-order valence-electron chi connectivity index (χ4n) is 1.44. The average molecular weight is 202 g/mol. The standard InChI is InChI=1S/C12H14N2O/c1-10-9-12(14-13-10)15-8-7-11-5-3-2-4-6-11/h2-6H,7-9H2,1H3. The van der Waals surface area contributed by atoms with Crippen LogP contribution in [0.2, 0.25) is 0 Å². The van der Waals surface area contributed by atoms with Crippen molar-refractivity contribution in [3.05, 3.63) is 35.9 Å². The van der Waals surface area contributed by atoms with Gasteiger partial charge in [-0.15, -0.1) is 5.10 Å². The molecule has 0 radical (unpaired) electrons. The topological polar surface area (TPSA) is 34.0 Å². The van der Waals surface area contributed by atoms with E-state index in [4.69, 9.17) is 4.74 Å². The molecule has 1 aliphatic rings. The third-order valence-electron chi connectivity index (χ3n) is 2.24. The Morgan fingerprint density at radius 3 is 2.67 bits per heavy atom.